The zero-order valence-corrected chi connectivity index (χ0v) is 16.3. The molecule has 3 aromatic rings. The van der Waals surface area contributed by atoms with Crippen molar-refractivity contribution in [2.45, 2.75) is 27.3 Å². The van der Waals surface area contributed by atoms with E-state index in [1.807, 2.05) is 11.0 Å². The molecule has 0 N–H and O–H groups in total. The van der Waals surface area contributed by atoms with Gasteiger partial charge in [-0.15, -0.1) is 0 Å². The standard InChI is InChI=1S/C23H26N2O2/c1-16-5-4-6-19(13-16)15-25-18(3)17(2)21-14-20(7-8-22(21)25)23(26)24-9-11-27-12-10-24/h4-8,13-14H,9-12,15H2,1-3H3. The Morgan fingerprint density at radius 3 is 2.56 bits per heavy atom. The zero-order chi connectivity index (χ0) is 19.0. The minimum absolute atomic E-state index is 0.101. The summed E-state index contributed by atoms with van der Waals surface area (Å²) in [7, 11) is 0. The van der Waals surface area contributed by atoms with Crippen molar-refractivity contribution in [3.8, 4) is 0 Å². The summed E-state index contributed by atoms with van der Waals surface area (Å²) in [6, 6.07) is 14.8. The first-order chi connectivity index (χ1) is 13.0. The van der Waals surface area contributed by atoms with Gasteiger partial charge in [0.15, 0.2) is 0 Å². The highest BCUT2D eigenvalue weighted by Gasteiger charge is 2.20. The lowest BCUT2D eigenvalue weighted by atomic mass is 10.1. The number of amides is 1. The van der Waals surface area contributed by atoms with Crippen LogP contribution in [0.1, 0.15) is 32.7 Å². The van der Waals surface area contributed by atoms with Gasteiger partial charge in [0, 0.05) is 41.8 Å². The summed E-state index contributed by atoms with van der Waals surface area (Å²) in [6.07, 6.45) is 0. The number of benzene rings is 2. The molecule has 1 aliphatic heterocycles. The topological polar surface area (TPSA) is 34.5 Å². The Kier molecular flexibility index (Phi) is 4.75. The van der Waals surface area contributed by atoms with Crippen LogP contribution in [0.4, 0.5) is 0 Å². The molecule has 1 aromatic heterocycles. The Hall–Kier alpha value is -2.59. The molecule has 27 heavy (non-hydrogen) atoms. The number of hydrogen-bond donors (Lipinski definition) is 0. The molecule has 1 saturated heterocycles. The van der Waals surface area contributed by atoms with E-state index in [0.29, 0.717) is 26.3 Å². The Morgan fingerprint density at radius 1 is 1.04 bits per heavy atom. The zero-order valence-electron chi connectivity index (χ0n) is 16.3. The van der Waals surface area contributed by atoms with E-state index in [9.17, 15) is 4.79 Å². The largest absolute Gasteiger partial charge is 0.378 e. The van der Waals surface area contributed by atoms with Gasteiger partial charge in [-0.3, -0.25) is 4.79 Å². The van der Waals surface area contributed by atoms with Crippen molar-refractivity contribution in [1.29, 1.82) is 0 Å². The third-order valence-corrected chi connectivity index (χ3v) is 5.61. The van der Waals surface area contributed by atoms with Crippen molar-refractivity contribution in [3.63, 3.8) is 0 Å². The van der Waals surface area contributed by atoms with Crippen LogP contribution in [0.2, 0.25) is 0 Å². The highest BCUT2D eigenvalue weighted by Crippen LogP contribution is 2.28. The number of aromatic nitrogens is 1. The van der Waals surface area contributed by atoms with Crippen molar-refractivity contribution < 1.29 is 9.53 Å². The van der Waals surface area contributed by atoms with Gasteiger partial charge in [0.25, 0.3) is 5.91 Å². The average molecular weight is 362 g/mol. The van der Waals surface area contributed by atoms with Crippen molar-refractivity contribution in [2.75, 3.05) is 26.3 Å². The van der Waals surface area contributed by atoms with E-state index in [0.717, 1.165) is 12.1 Å². The molecule has 0 radical (unpaired) electrons. The van der Waals surface area contributed by atoms with Crippen molar-refractivity contribution in [3.05, 3.63) is 70.4 Å². The smallest absolute Gasteiger partial charge is 0.254 e. The van der Waals surface area contributed by atoms with E-state index in [1.54, 1.807) is 0 Å². The van der Waals surface area contributed by atoms with Gasteiger partial charge < -0.3 is 14.2 Å². The summed E-state index contributed by atoms with van der Waals surface area (Å²) in [4.78, 5) is 14.7. The normalized spacial score (nSPS) is 14.7. The van der Waals surface area contributed by atoms with E-state index >= 15 is 0 Å². The number of ether oxygens (including phenoxy) is 1. The third-order valence-electron chi connectivity index (χ3n) is 5.61. The quantitative estimate of drug-likeness (QED) is 0.703. The first kappa shape index (κ1) is 17.8. The highest BCUT2D eigenvalue weighted by atomic mass is 16.5. The van der Waals surface area contributed by atoms with Crippen LogP contribution < -0.4 is 0 Å². The second kappa shape index (κ2) is 7.20. The van der Waals surface area contributed by atoms with E-state index in [4.69, 9.17) is 4.74 Å². The summed E-state index contributed by atoms with van der Waals surface area (Å²) in [6.45, 7) is 9.86. The highest BCUT2D eigenvalue weighted by molar-refractivity contribution is 5.99. The molecule has 1 amide bonds. The van der Waals surface area contributed by atoms with E-state index in [1.165, 1.54) is 33.3 Å². The van der Waals surface area contributed by atoms with E-state index in [-0.39, 0.29) is 5.91 Å². The molecule has 2 heterocycles. The molecule has 140 valence electrons. The molecule has 4 heteroatoms. The lowest BCUT2D eigenvalue weighted by molar-refractivity contribution is 0.0303. The van der Waals surface area contributed by atoms with Gasteiger partial charge >= 0.3 is 0 Å². The first-order valence-electron chi connectivity index (χ1n) is 9.56. The van der Waals surface area contributed by atoms with Gasteiger partial charge in [0.05, 0.1) is 13.2 Å². The molecular weight excluding hydrogens is 336 g/mol. The number of carbonyl (C=O) groups excluding carboxylic acids is 1. The number of fused-ring (bicyclic) bond motifs is 1. The van der Waals surface area contributed by atoms with Crippen LogP contribution in [0.15, 0.2) is 42.5 Å². The van der Waals surface area contributed by atoms with Crippen LogP contribution in [0, 0.1) is 20.8 Å². The number of aryl methyl sites for hydroxylation is 2. The summed E-state index contributed by atoms with van der Waals surface area (Å²) in [5.41, 5.74) is 7.02. The molecule has 0 unspecified atom stereocenters. The fourth-order valence-corrected chi connectivity index (χ4v) is 3.93. The molecular formula is C23H26N2O2. The fraction of sp³-hybridized carbons (Fsp3) is 0.348. The van der Waals surface area contributed by atoms with Crippen LogP contribution in [0.3, 0.4) is 0 Å². The molecule has 1 fully saturated rings. The number of hydrogen-bond acceptors (Lipinski definition) is 2. The van der Waals surface area contributed by atoms with Gasteiger partial charge in [-0.05, 0) is 50.1 Å². The van der Waals surface area contributed by atoms with Crippen LogP contribution in [-0.2, 0) is 11.3 Å². The molecule has 2 aromatic carbocycles. The third kappa shape index (κ3) is 3.37. The Balaban J connectivity index is 1.70. The van der Waals surface area contributed by atoms with Gasteiger partial charge in [-0.25, -0.2) is 0 Å². The second-order valence-corrected chi connectivity index (χ2v) is 7.42. The number of nitrogens with zero attached hydrogens (tertiary/aromatic N) is 2. The predicted octanol–water partition coefficient (Wildman–Crippen LogP) is 4.09. The van der Waals surface area contributed by atoms with Crippen LogP contribution >= 0.6 is 0 Å². The van der Waals surface area contributed by atoms with Crippen molar-refractivity contribution in [2.24, 2.45) is 0 Å². The Bertz CT molecular complexity index is 997. The summed E-state index contributed by atoms with van der Waals surface area (Å²) >= 11 is 0. The maximum absolute atomic E-state index is 12.8. The number of morpholine rings is 1. The maximum atomic E-state index is 12.8. The minimum atomic E-state index is 0.101. The molecule has 0 aliphatic carbocycles. The average Bonchev–Trinajstić information content (AvgIpc) is 2.92. The van der Waals surface area contributed by atoms with Crippen LogP contribution in [0.5, 0.6) is 0 Å². The molecule has 0 atom stereocenters. The minimum Gasteiger partial charge on any atom is -0.378 e. The van der Waals surface area contributed by atoms with Gasteiger partial charge in [0.2, 0.25) is 0 Å². The van der Waals surface area contributed by atoms with Crippen molar-refractivity contribution >= 4 is 16.8 Å². The molecule has 4 nitrogen and oxygen atoms in total. The molecule has 1 aliphatic rings. The van der Waals surface area contributed by atoms with Crippen molar-refractivity contribution in [1.82, 2.24) is 9.47 Å². The van der Waals surface area contributed by atoms with E-state index in [2.05, 4.69) is 61.7 Å². The summed E-state index contributed by atoms with van der Waals surface area (Å²) in [5, 5.41) is 1.17. The molecule has 0 saturated carbocycles. The first-order valence-corrected chi connectivity index (χ1v) is 9.56. The van der Waals surface area contributed by atoms with Crippen LogP contribution in [0.25, 0.3) is 10.9 Å². The Morgan fingerprint density at radius 2 is 1.81 bits per heavy atom. The van der Waals surface area contributed by atoms with E-state index < -0.39 is 0 Å². The maximum Gasteiger partial charge on any atom is 0.254 e. The SMILES string of the molecule is Cc1cccc(Cn2c(C)c(C)c3cc(C(=O)N4CCOCC4)ccc32)c1. The number of rotatable bonds is 3. The molecule has 4 rings (SSSR count). The summed E-state index contributed by atoms with van der Waals surface area (Å²) < 4.78 is 7.71. The van der Waals surface area contributed by atoms with Crippen LogP contribution in [-0.4, -0.2) is 41.7 Å². The fourth-order valence-electron chi connectivity index (χ4n) is 3.93. The molecule has 0 spiro atoms. The van der Waals surface area contributed by atoms with Gasteiger partial charge in [0.1, 0.15) is 0 Å². The lowest BCUT2D eigenvalue weighted by Gasteiger charge is -2.26. The molecule has 0 bridgehead atoms. The Labute approximate surface area is 160 Å². The predicted molar refractivity (Wildman–Crippen MR) is 108 cm³/mol. The van der Waals surface area contributed by atoms with Gasteiger partial charge in [-0.1, -0.05) is 29.8 Å². The summed E-state index contributed by atoms with van der Waals surface area (Å²) in [5.74, 6) is 0.101. The monoisotopic (exact) mass is 362 g/mol. The number of carbonyl (C=O) groups is 1. The lowest BCUT2D eigenvalue weighted by Crippen LogP contribution is -2.40. The van der Waals surface area contributed by atoms with Gasteiger partial charge in [-0.2, -0.15) is 0 Å². The second-order valence-electron chi connectivity index (χ2n) is 7.42.